The maximum Gasteiger partial charge on any atom is 0.291 e. The quantitative estimate of drug-likeness (QED) is 0.432. The second-order valence-electron chi connectivity index (χ2n) is 7.70. The summed E-state index contributed by atoms with van der Waals surface area (Å²) in [5.74, 6) is 0.987. The van der Waals surface area contributed by atoms with Gasteiger partial charge in [-0.25, -0.2) is 0 Å². The Labute approximate surface area is 175 Å². The van der Waals surface area contributed by atoms with Crippen molar-refractivity contribution in [1.82, 2.24) is 0 Å². The van der Waals surface area contributed by atoms with Crippen molar-refractivity contribution in [3.63, 3.8) is 0 Å². The van der Waals surface area contributed by atoms with Crippen LogP contribution in [-0.2, 0) is 6.42 Å². The molecule has 1 N–H and O–H groups in total. The monoisotopic (exact) mass is 400 g/mol. The molecule has 0 aliphatic heterocycles. The van der Waals surface area contributed by atoms with E-state index in [1.54, 1.807) is 13.8 Å². The number of methoxy groups -OCH3 is 1. The molecule has 2 atom stereocenters. The van der Waals surface area contributed by atoms with Crippen molar-refractivity contribution in [2.75, 3.05) is 7.11 Å². The molecule has 0 saturated heterocycles. The minimum absolute atomic E-state index is 0.0285. The molecule has 0 unspecified atom stereocenters. The van der Waals surface area contributed by atoms with E-state index >= 15 is 0 Å². The van der Waals surface area contributed by atoms with Crippen molar-refractivity contribution < 1.29 is 14.3 Å². The zero-order chi connectivity index (χ0) is 22.1. The summed E-state index contributed by atoms with van der Waals surface area (Å²) in [5.41, 5.74) is 4.40. The first-order valence-corrected chi connectivity index (χ1v) is 10.1. The van der Waals surface area contributed by atoms with E-state index < -0.39 is 6.10 Å². The molecule has 0 radical (unpaired) electrons. The van der Waals surface area contributed by atoms with Gasteiger partial charge in [-0.1, -0.05) is 48.5 Å². The third-order valence-electron chi connectivity index (χ3n) is 5.21. The van der Waals surface area contributed by atoms with Gasteiger partial charge in [0, 0.05) is 17.9 Å². The first-order valence-electron chi connectivity index (χ1n) is 10.1. The van der Waals surface area contributed by atoms with Crippen LogP contribution in [0.25, 0.3) is 0 Å². The average Bonchev–Trinajstić information content (AvgIpc) is 2.70. The molecule has 0 aliphatic carbocycles. The van der Waals surface area contributed by atoms with Gasteiger partial charge in [0.05, 0.1) is 18.8 Å². The van der Waals surface area contributed by atoms with Crippen LogP contribution in [0.4, 0.5) is 0 Å². The average molecular weight is 401 g/mol. The third-order valence-corrected chi connectivity index (χ3v) is 5.21. The van der Waals surface area contributed by atoms with E-state index in [4.69, 9.17) is 9.15 Å². The maximum atomic E-state index is 12.3. The molecule has 0 amide bonds. The Balaban J connectivity index is 2.77. The van der Waals surface area contributed by atoms with Crippen LogP contribution in [0.3, 0.4) is 0 Å². The Morgan fingerprint density at radius 1 is 1.21 bits per heavy atom. The Morgan fingerprint density at radius 3 is 2.45 bits per heavy atom. The summed E-state index contributed by atoms with van der Waals surface area (Å²) in [7, 11) is 1.51. The van der Waals surface area contributed by atoms with Gasteiger partial charge < -0.3 is 14.3 Å². The van der Waals surface area contributed by atoms with E-state index in [0.29, 0.717) is 23.3 Å². The molecule has 0 spiro atoms. The zero-order valence-corrected chi connectivity index (χ0v) is 19.1. The van der Waals surface area contributed by atoms with E-state index in [0.717, 1.165) is 17.6 Å². The normalized spacial score (nSPS) is 15.7. The predicted octanol–water partition coefficient (Wildman–Crippen LogP) is 5.61. The highest BCUT2D eigenvalue weighted by Gasteiger charge is 2.14. The summed E-state index contributed by atoms with van der Waals surface area (Å²) in [6, 6.07) is 0. The van der Waals surface area contributed by atoms with Crippen LogP contribution >= 0.6 is 0 Å². The molecule has 160 valence electrons. The standard InChI is InChI=1S/C25H36O4/c1-9-18(4)23(26)19(5)15-17(3)12-10-11-16(2)13-14-22-20(6)24(27)21(7)25(28-8)29-22/h9-10,12-13,15,19,23,26H,11,14H2,1-8H3/t19-,23-/m0/s1. The smallest absolute Gasteiger partial charge is 0.291 e. The summed E-state index contributed by atoms with van der Waals surface area (Å²) < 4.78 is 10.9. The molecule has 0 bridgehead atoms. The Kier molecular flexibility index (Phi) is 9.90. The summed E-state index contributed by atoms with van der Waals surface area (Å²) >= 11 is 0. The lowest BCUT2D eigenvalue weighted by Gasteiger charge is -2.16. The van der Waals surface area contributed by atoms with E-state index in [-0.39, 0.29) is 17.3 Å². The van der Waals surface area contributed by atoms with Crippen molar-refractivity contribution in [3.05, 3.63) is 74.2 Å². The van der Waals surface area contributed by atoms with Crippen LogP contribution in [0.15, 0.2) is 56.3 Å². The molecule has 0 fully saturated rings. The molecule has 0 aliphatic rings. The highest BCUT2D eigenvalue weighted by molar-refractivity contribution is 5.30. The molecule has 0 saturated carbocycles. The molecule has 1 aromatic rings. The number of allylic oxidation sites excluding steroid dienone is 6. The van der Waals surface area contributed by atoms with Crippen LogP contribution in [0.1, 0.15) is 57.9 Å². The van der Waals surface area contributed by atoms with Crippen molar-refractivity contribution in [3.8, 4) is 5.95 Å². The molecule has 1 heterocycles. The Bertz CT molecular complexity index is 866. The summed E-state index contributed by atoms with van der Waals surface area (Å²) in [4.78, 5) is 12.3. The van der Waals surface area contributed by atoms with Crippen molar-refractivity contribution in [2.45, 2.75) is 67.4 Å². The topological polar surface area (TPSA) is 59.7 Å². The SMILES string of the molecule is CC=C(C)[C@H](O)[C@@H](C)C=C(C)C=CCC(C)=CCc1oc(OC)c(C)c(=O)c1C. The minimum Gasteiger partial charge on any atom is -0.468 e. The molecule has 4 heteroatoms. The molecule has 0 aromatic carbocycles. The van der Waals surface area contributed by atoms with Crippen LogP contribution in [0.5, 0.6) is 5.95 Å². The van der Waals surface area contributed by atoms with Gasteiger partial charge in [-0.05, 0) is 53.5 Å². The Hall–Kier alpha value is -2.33. The summed E-state index contributed by atoms with van der Waals surface area (Å²) in [6.45, 7) is 13.5. The molecular weight excluding hydrogens is 364 g/mol. The van der Waals surface area contributed by atoms with Gasteiger partial charge in [0.25, 0.3) is 5.95 Å². The fourth-order valence-electron chi connectivity index (χ4n) is 3.08. The second kappa shape index (κ2) is 11.6. The van der Waals surface area contributed by atoms with Crippen LogP contribution in [0, 0.1) is 19.8 Å². The van der Waals surface area contributed by atoms with Crippen LogP contribution in [0.2, 0.25) is 0 Å². The summed E-state index contributed by atoms with van der Waals surface area (Å²) in [5, 5.41) is 10.2. The molecule has 4 nitrogen and oxygen atoms in total. The number of aliphatic hydroxyl groups is 1. The number of hydrogen-bond acceptors (Lipinski definition) is 4. The van der Waals surface area contributed by atoms with Crippen LogP contribution in [-0.4, -0.2) is 18.3 Å². The van der Waals surface area contributed by atoms with Gasteiger partial charge in [0.2, 0.25) is 0 Å². The number of rotatable bonds is 9. The number of hydrogen-bond donors (Lipinski definition) is 1. The van der Waals surface area contributed by atoms with E-state index in [1.165, 1.54) is 12.7 Å². The zero-order valence-electron chi connectivity index (χ0n) is 19.1. The van der Waals surface area contributed by atoms with Gasteiger partial charge in [-0.3, -0.25) is 4.79 Å². The van der Waals surface area contributed by atoms with Gasteiger partial charge in [-0.2, -0.15) is 0 Å². The highest BCUT2D eigenvalue weighted by atomic mass is 16.6. The van der Waals surface area contributed by atoms with Crippen molar-refractivity contribution in [1.29, 1.82) is 0 Å². The van der Waals surface area contributed by atoms with Gasteiger partial charge in [-0.15, -0.1) is 0 Å². The molecule has 1 aromatic heterocycles. The van der Waals surface area contributed by atoms with Gasteiger partial charge in [0.1, 0.15) is 5.76 Å². The van der Waals surface area contributed by atoms with Crippen LogP contribution < -0.4 is 10.2 Å². The van der Waals surface area contributed by atoms with E-state index in [2.05, 4.69) is 31.2 Å². The first-order chi connectivity index (χ1) is 13.6. The van der Waals surface area contributed by atoms with E-state index in [9.17, 15) is 9.90 Å². The number of ether oxygens (including phenoxy) is 1. The minimum atomic E-state index is -0.450. The van der Waals surface area contributed by atoms with Gasteiger partial charge >= 0.3 is 0 Å². The molecule has 1 rings (SSSR count). The highest BCUT2D eigenvalue weighted by Crippen LogP contribution is 2.20. The lowest BCUT2D eigenvalue weighted by Crippen LogP contribution is -2.17. The maximum absolute atomic E-state index is 12.3. The molecule has 29 heavy (non-hydrogen) atoms. The molecular formula is C25H36O4. The van der Waals surface area contributed by atoms with Crippen molar-refractivity contribution >= 4 is 0 Å². The number of aliphatic hydroxyl groups excluding tert-OH is 1. The van der Waals surface area contributed by atoms with E-state index in [1.807, 2.05) is 33.8 Å². The largest absolute Gasteiger partial charge is 0.468 e. The predicted molar refractivity (Wildman–Crippen MR) is 121 cm³/mol. The Morgan fingerprint density at radius 2 is 1.86 bits per heavy atom. The first kappa shape index (κ1) is 24.7. The lowest BCUT2D eigenvalue weighted by molar-refractivity contribution is 0.173. The second-order valence-corrected chi connectivity index (χ2v) is 7.70. The van der Waals surface area contributed by atoms with Gasteiger partial charge in [0.15, 0.2) is 5.43 Å². The lowest BCUT2D eigenvalue weighted by atomic mass is 9.96. The third kappa shape index (κ3) is 7.21. The fraction of sp³-hybridized carbons (Fsp3) is 0.480. The fourth-order valence-corrected chi connectivity index (χ4v) is 3.08. The van der Waals surface area contributed by atoms with Crippen molar-refractivity contribution in [2.24, 2.45) is 5.92 Å². The summed E-state index contributed by atoms with van der Waals surface area (Å²) in [6.07, 6.45) is 11.2.